The van der Waals surface area contributed by atoms with Gasteiger partial charge in [0.1, 0.15) is 12.4 Å². The van der Waals surface area contributed by atoms with Gasteiger partial charge in [0.25, 0.3) is 0 Å². The van der Waals surface area contributed by atoms with Crippen LogP contribution < -0.4 is 10.5 Å². The van der Waals surface area contributed by atoms with Crippen molar-refractivity contribution in [2.75, 3.05) is 13.2 Å². The molecule has 2 nitrogen and oxygen atoms in total. The number of hydrogen-bond donors (Lipinski definition) is 1. The predicted molar refractivity (Wildman–Crippen MR) is 60.1 cm³/mol. The lowest BCUT2D eigenvalue weighted by molar-refractivity contribution is -0.143. The molecule has 0 aliphatic rings. The maximum Gasteiger partial charge on any atom is 0.416 e. The van der Waals surface area contributed by atoms with E-state index in [2.05, 4.69) is 6.58 Å². The maximum atomic E-state index is 12.5. The highest BCUT2D eigenvalue weighted by Gasteiger charge is 2.37. The highest BCUT2D eigenvalue weighted by atomic mass is 19.4. The van der Waals surface area contributed by atoms with Crippen LogP contribution in [0.15, 0.2) is 30.4 Å². The summed E-state index contributed by atoms with van der Waals surface area (Å²) in [5.41, 5.74) is 2.68. The average molecular weight is 299 g/mol. The molecular weight excluding hydrogens is 288 g/mol. The van der Waals surface area contributed by atoms with E-state index in [9.17, 15) is 26.3 Å². The summed E-state index contributed by atoms with van der Waals surface area (Å²) in [6.07, 6.45) is -9.80. The third-order valence-electron chi connectivity index (χ3n) is 2.29. The zero-order valence-electron chi connectivity index (χ0n) is 10.1. The van der Waals surface area contributed by atoms with Crippen molar-refractivity contribution in [3.05, 3.63) is 41.5 Å². The first kappa shape index (κ1) is 16.4. The van der Waals surface area contributed by atoms with Crippen LogP contribution in [0.3, 0.4) is 0 Å². The van der Waals surface area contributed by atoms with Crippen LogP contribution in [-0.2, 0) is 12.4 Å². The Morgan fingerprint density at radius 3 is 1.80 bits per heavy atom. The fourth-order valence-electron chi connectivity index (χ4n) is 1.25. The molecule has 1 aromatic rings. The van der Waals surface area contributed by atoms with Crippen molar-refractivity contribution in [3.8, 4) is 5.75 Å². The molecule has 8 heteroatoms. The lowest BCUT2D eigenvalue weighted by Crippen LogP contribution is -2.13. The molecule has 0 atom stereocenters. The lowest BCUT2D eigenvalue weighted by atomic mass is 10.1. The van der Waals surface area contributed by atoms with E-state index in [0.29, 0.717) is 17.7 Å². The normalized spacial score (nSPS) is 12.3. The zero-order valence-corrected chi connectivity index (χ0v) is 10.1. The Morgan fingerprint density at radius 1 is 1.00 bits per heavy atom. The van der Waals surface area contributed by atoms with Crippen LogP contribution in [-0.4, -0.2) is 13.2 Å². The fraction of sp³-hybridized carbons (Fsp3) is 0.333. The molecule has 0 spiro atoms. The van der Waals surface area contributed by atoms with E-state index in [1.165, 1.54) is 0 Å². The van der Waals surface area contributed by atoms with E-state index >= 15 is 0 Å². The minimum Gasteiger partial charge on any atom is -0.489 e. The van der Waals surface area contributed by atoms with E-state index in [0.717, 1.165) is 0 Å². The minimum atomic E-state index is -4.90. The first-order valence-corrected chi connectivity index (χ1v) is 5.33. The highest BCUT2D eigenvalue weighted by molar-refractivity contribution is 5.37. The highest BCUT2D eigenvalue weighted by Crippen LogP contribution is 2.38. The molecule has 112 valence electrons. The molecule has 0 saturated carbocycles. The Hall–Kier alpha value is -1.70. The zero-order chi connectivity index (χ0) is 15.6. The van der Waals surface area contributed by atoms with Crippen LogP contribution in [0.25, 0.3) is 0 Å². The summed E-state index contributed by atoms with van der Waals surface area (Å²) in [7, 11) is 0. The Kier molecular flexibility index (Phi) is 4.69. The van der Waals surface area contributed by atoms with E-state index in [1.54, 1.807) is 0 Å². The van der Waals surface area contributed by atoms with E-state index < -0.39 is 29.2 Å². The molecule has 0 saturated heterocycles. The van der Waals surface area contributed by atoms with Crippen LogP contribution >= 0.6 is 0 Å². The molecule has 0 heterocycles. The van der Waals surface area contributed by atoms with Crippen LogP contribution in [0, 0.1) is 0 Å². The van der Waals surface area contributed by atoms with Crippen molar-refractivity contribution in [2.45, 2.75) is 12.4 Å². The van der Waals surface area contributed by atoms with Gasteiger partial charge in [0.15, 0.2) is 0 Å². The second-order valence-corrected chi connectivity index (χ2v) is 3.98. The van der Waals surface area contributed by atoms with Crippen LogP contribution in [0.2, 0.25) is 0 Å². The standard InChI is InChI=1S/C12H11F6NO/c1-7(5-19)6-20-10-3-8(11(13,14)15)2-9(4-10)12(16,17)18/h2-4H,1,5-6,19H2. The Morgan fingerprint density at radius 2 is 1.45 bits per heavy atom. The number of benzene rings is 1. The van der Waals surface area contributed by atoms with Gasteiger partial charge in [0, 0.05) is 6.54 Å². The third kappa shape index (κ3) is 4.44. The molecule has 0 bridgehead atoms. The van der Waals surface area contributed by atoms with Gasteiger partial charge < -0.3 is 10.5 Å². The van der Waals surface area contributed by atoms with E-state index in [4.69, 9.17) is 10.5 Å². The van der Waals surface area contributed by atoms with Gasteiger partial charge >= 0.3 is 12.4 Å². The monoisotopic (exact) mass is 299 g/mol. The summed E-state index contributed by atoms with van der Waals surface area (Å²) in [6.45, 7) is 3.20. The van der Waals surface area contributed by atoms with Crippen molar-refractivity contribution in [1.82, 2.24) is 0 Å². The molecule has 0 aromatic heterocycles. The minimum absolute atomic E-state index is 0.0189. The molecule has 1 rings (SSSR count). The van der Waals surface area contributed by atoms with Gasteiger partial charge in [-0.2, -0.15) is 26.3 Å². The third-order valence-corrected chi connectivity index (χ3v) is 2.29. The second kappa shape index (κ2) is 5.74. The van der Waals surface area contributed by atoms with Crippen molar-refractivity contribution in [3.63, 3.8) is 0 Å². The molecule has 0 aliphatic heterocycles. The van der Waals surface area contributed by atoms with Gasteiger partial charge in [-0.25, -0.2) is 0 Å². The topological polar surface area (TPSA) is 35.2 Å². The van der Waals surface area contributed by atoms with Crippen molar-refractivity contribution >= 4 is 0 Å². The Labute approximate surface area is 110 Å². The van der Waals surface area contributed by atoms with Gasteiger partial charge in [-0.05, 0) is 23.8 Å². The average Bonchev–Trinajstić information content (AvgIpc) is 2.33. The summed E-state index contributed by atoms with van der Waals surface area (Å²) < 4.78 is 80.1. The molecule has 1 aromatic carbocycles. The molecule has 0 unspecified atom stereocenters. The van der Waals surface area contributed by atoms with Crippen LogP contribution in [0.1, 0.15) is 11.1 Å². The van der Waals surface area contributed by atoms with Crippen molar-refractivity contribution < 1.29 is 31.1 Å². The number of hydrogen-bond acceptors (Lipinski definition) is 2. The maximum absolute atomic E-state index is 12.5. The smallest absolute Gasteiger partial charge is 0.416 e. The van der Waals surface area contributed by atoms with Gasteiger partial charge in [-0.3, -0.25) is 0 Å². The molecule has 0 radical (unpaired) electrons. The number of halogens is 6. The van der Waals surface area contributed by atoms with E-state index in [1.807, 2.05) is 0 Å². The molecule has 0 amide bonds. The van der Waals surface area contributed by atoms with Gasteiger partial charge in [0.2, 0.25) is 0 Å². The predicted octanol–water partition coefficient (Wildman–Crippen LogP) is 3.62. The number of rotatable bonds is 4. The van der Waals surface area contributed by atoms with Gasteiger partial charge in [-0.15, -0.1) is 0 Å². The van der Waals surface area contributed by atoms with Gasteiger partial charge in [-0.1, -0.05) is 6.58 Å². The Bertz CT molecular complexity index is 459. The summed E-state index contributed by atoms with van der Waals surface area (Å²) in [5.74, 6) is -0.540. The van der Waals surface area contributed by atoms with Gasteiger partial charge in [0.05, 0.1) is 11.1 Å². The van der Waals surface area contributed by atoms with Crippen molar-refractivity contribution in [2.24, 2.45) is 5.73 Å². The number of nitrogens with two attached hydrogens (primary N) is 1. The largest absolute Gasteiger partial charge is 0.489 e. The fourth-order valence-corrected chi connectivity index (χ4v) is 1.25. The SMILES string of the molecule is C=C(CN)COc1cc(C(F)(F)F)cc(C(F)(F)F)c1. The first-order valence-electron chi connectivity index (χ1n) is 5.33. The summed E-state index contributed by atoms with van der Waals surface area (Å²) in [5, 5.41) is 0. The quantitative estimate of drug-likeness (QED) is 0.681. The molecular formula is C12H11F6NO. The van der Waals surface area contributed by atoms with Crippen molar-refractivity contribution in [1.29, 1.82) is 0 Å². The summed E-state index contributed by atoms with van der Waals surface area (Å²) in [4.78, 5) is 0. The molecule has 0 aliphatic carbocycles. The lowest BCUT2D eigenvalue weighted by Gasteiger charge is -2.15. The van der Waals surface area contributed by atoms with Crippen LogP contribution in [0.5, 0.6) is 5.75 Å². The molecule has 20 heavy (non-hydrogen) atoms. The van der Waals surface area contributed by atoms with E-state index in [-0.39, 0.29) is 19.2 Å². The second-order valence-electron chi connectivity index (χ2n) is 3.98. The number of alkyl halides is 6. The molecule has 2 N–H and O–H groups in total. The number of ether oxygens (including phenoxy) is 1. The molecule has 0 fully saturated rings. The van der Waals surface area contributed by atoms with Crippen LogP contribution in [0.4, 0.5) is 26.3 Å². The summed E-state index contributed by atoms with van der Waals surface area (Å²) >= 11 is 0. The Balaban J connectivity index is 3.14. The summed E-state index contributed by atoms with van der Waals surface area (Å²) in [6, 6.07) is 1.03. The first-order chi connectivity index (χ1) is 9.04.